The molecule has 1 atom stereocenters. The molecule has 6 nitrogen and oxygen atoms in total. The lowest BCUT2D eigenvalue weighted by Crippen LogP contribution is -2.23. The van der Waals surface area contributed by atoms with Crippen molar-refractivity contribution < 1.29 is 23.4 Å². The lowest BCUT2D eigenvalue weighted by molar-refractivity contribution is 0.0699. The van der Waals surface area contributed by atoms with Crippen LogP contribution >= 0.6 is 0 Å². The summed E-state index contributed by atoms with van der Waals surface area (Å²) in [5.41, 5.74) is 2.09. The van der Waals surface area contributed by atoms with Crippen molar-refractivity contribution in [3.05, 3.63) is 59.7 Å². The highest BCUT2D eigenvalue weighted by atomic mass is 19.1. The van der Waals surface area contributed by atoms with Gasteiger partial charge in [0.25, 0.3) is 0 Å². The van der Waals surface area contributed by atoms with Gasteiger partial charge in [0.2, 0.25) is 0 Å². The molecule has 0 saturated carbocycles. The third-order valence-electron chi connectivity index (χ3n) is 4.99. The summed E-state index contributed by atoms with van der Waals surface area (Å²) in [6, 6.07) is 7.73. The molecule has 1 aliphatic rings. The Morgan fingerprint density at radius 1 is 1.32 bits per heavy atom. The van der Waals surface area contributed by atoms with Gasteiger partial charge in [0.05, 0.1) is 17.8 Å². The van der Waals surface area contributed by atoms with Crippen LogP contribution in [0.15, 0.2) is 42.7 Å². The molecule has 0 bridgehead atoms. The molecule has 1 unspecified atom stereocenters. The lowest BCUT2D eigenvalue weighted by atomic mass is 10.0. The fourth-order valence-corrected chi connectivity index (χ4v) is 3.77. The zero-order valence-electron chi connectivity index (χ0n) is 15.0. The fourth-order valence-electron chi connectivity index (χ4n) is 3.77. The van der Waals surface area contributed by atoms with E-state index in [1.807, 2.05) is 6.07 Å². The molecule has 0 radical (unpaired) electrons. The number of carboxylic acid groups (broad SMARTS) is 1. The molecule has 3 heterocycles. The first kappa shape index (κ1) is 18.2. The van der Waals surface area contributed by atoms with E-state index < -0.39 is 12.6 Å². The van der Waals surface area contributed by atoms with Crippen LogP contribution in [0.2, 0.25) is 0 Å². The minimum atomic E-state index is -1.04. The number of carbonyl (C=O) groups is 1. The standard InChI is InChI=1S/C20H19F2N3O3/c21-6-9-28-19-4-3-13(22)10-15(19)17-2-1-7-24(17)14-5-8-25-18(11-14)16(12-23-25)20(26)27/h3-5,8,10-12,17H,1-2,6-7,9H2,(H,26,27). The van der Waals surface area contributed by atoms with E-state index in [0.29, 0.717) is 16.8 Å². The Bertz CT molecular complexity index is 1020. The molecule has 1 fully saturated rings. The number of nitrogens with zero attached hydrogens (tertiary/aromatic N) is 3. The number of hydrogen-bond acceptors (Lipinski definition) is 4. The summed E-state index contributed by atoms with van der Waals surface area (Å²) >= 11 is 0. The van der Waals surface area contributed by atoms with Gasteiger partial charge in [0.1, 0.15) is 30.4 Å². The average molecular weight is 387 g/mol. The first-order valence-electron chi connectivity index (χ1n) is 9.04. The molecule has 1 aromatic carbocycles. The number of aromatic carboxylic acids is 1. The van der Waals surface area contributed by atoms with Gasteiger partial charge in [-0.3, -0.25) is 0 Å². The van der Waals surface area contributed by atoms with E-state index in [0.717, 1.165) is 25.1 Å². The number of fused-ring (bicyclic) bond motifs is 1. The van der Waals surface area contributed by atoms with Gasteiger partial charge in [0, 0.05) is 24.0 Å². The van der Waals surface area contributed by atoms with Crippen LogP contribution in [0.1, 0.15) is 34.8 Å². The van der Waals surface area contributed by atoms with Gasteiger partial charge in [-0.2, -0.15) is 5.10 Å². The Morgan fingerprint density at radius 3 is 2.96 bits per heavy atom. The van der Waals surface area contributed by atoms with E-state index in [1.54, 1.807) is 12.3 Å². The number of carboxylic acids is 1. The van der Waals surface area contributed by atoms with Crippen LogP contribution in [0.4, 0.5) is 14.5 Å². The highest BCUT2D eigenvalue weighted by Crippen LogP contribution is 2.40. The van der Waals surface area contributed by atoms with Gasteiger partial charge in [-0.05, 0) is 43.2 Å². The van der Waals surface area contributed by atoms with Crippen molar-refractivity contribution in [2.45, 2.75) is 18.9 Å². The Morgan fingerprint density at radius 2 is 2.18 bits per heavy atom. The molecule has 146 valence electrons. The van der Waals surface area contributed by atoms with Crippen LogP contribution in [-0.2, 0) is 0 Å². The molecule has 8 heteroatoms. The van der Waals surface area contributed by atoms with Crippen LogP contribution in [0.3, 0.4) is 0 Å². The molecule has 4 rings (SSSR count). The number of halogens is 2. The monoisotopic (exact) mass is 387 g/mol. The number of aromatic nitrogens is 2. The number of pyridine rings is 1. The number of rotatable bonds is 6. The largest absolute Gasteiger partial charge is 0.490 e. The molecular formula is C20H19F2N3O3. The van der Waals surface area contributed by atoms with E-state index >= 15 is 0 Å². The smallest absolute Gasteiger partial charge is 0.339 e. The quantitative estimate of drug-likeness (QED) is 0.696. The first-order valence-corrected chi connectivity index (χ1v) is 9.04. The number of hydrogen-bond donors (Lipinski definition) is 1. The van der Waals surface area contributed by atoms with Gasteiger partial charge in [-0.1, -0.05) is 0 Å². The molecule has 0 spiro atoms. The van der Waals surface area contributed by atoms with Crippen molar-refractivity contribution in [3.8, 4) is 5.75 Å². The van der Waals surface area contributed by atoms with Crippen molar-refractivity contribution in [1.82, 2.24) is 9.61 Å². The summed E-state index contributed by atoms with van der Waals surface area (Å²) in [5.74, 6) is -0.960. The zero-order valence-corrected chi connectivity index (χ0v) is 15.0. The molecule has 28 heavy (non-hydrogen) atoms. The van der Waals surface area contributed by atoms with Crippen LogP contribution in [0, 0.1) is 5.82 Å². The maximum absolute atomic E-state index is 13.9. The highest BCUT2D eigenvalue weighted by Gasteiger charge is 2.29. The average Bonchev–Trinajstić information content (AvgIpc) is 3.33. The van der Waals surface area contributed by atoms with E-state index in [2.05, 4.69) is 10.00 Å². The normalized spacial score (nSPS) is 16.6. The fraction of sp³-hybridized carbons (Fsp3) is 0.300. The van der Waals surface area contributed by atoms with Crippen molar-refractivity contribution in [2.24, 2.45) is 0 Å². The second-order valence-corrected chi connectivity index (χ2v) is 6.65. The Labute approximate surface area is 160 Å². The van der Waals surface area contributed by atoms with Gasteiger partial charge >= 0.3 is 5.97 Å². The first-order chi connectivity index (χ1) is 13.6. The molecule has 0 aliphatic carbocycles. The predicted molar refractivity (Wildman–Crippen MR) is 99.3 cm³/mol. The summed E-state index contributed by atoms with van der Waals surface area (Å²) in [6.07, 6.45) is 4.70. The predicted octanol–water partition coefficient (Wildman–Crippen LogP) is 3.86. The number of ether oxygens (including phenoxy) is 1. The topological polar surface area (TPSA) is 67.1 Å². The third-order valence-corrected chi connectivity index (χ3v) is 4.99. The number of anilines is 1. The van der Waals surface area contributed by atoms with E-state index in [-0.39, 0.29) is 24.0 Å². The minimum absolute atomic E-state index is 0.0882. The van der Waals surface area contributed by atoms with Gasteiger partial charge in [-0.15, -0.1) is 0 Å². The second-order valence-electron chi connectivity index (χ2n) is 6.65. The summed E-state index contributed by atoms with van der Waals surface area (Å²) in [7, 11) is 0. The van der Waals surface area contributed by atoms with Crippen molar-refractivity contribution in [3.63, 3.8) is 0 Å². The van der Waals surface area contributed by atoms with Gasteiger partial charge in [-0.25, -0.2) is 18.1 Å². The summed E-state index contributed by atoms with van der Waals surface area (Å²) in [6.45, 7) is 0.0204. The maximum Gasteiger partial charge on any atom is 0.339 e. The Hall–Kier alpha value is -3.16. The SMILES string of the molecule is O=C(O)c1cnn2ccc(N3CCCC3c3cc(F)ccc3OCCF)cc12. The van der Waals surface area contributed by atoms with Crippen molar-refractivity contribution in [2.75, 3.05) is 24.7 Å². The van der Waals surface area contributed by atoms with Gasteiger partial charge in [0.15, 0.2) is 0 Å². The summed E-state index contributed by atoms with van der Waals surface area (Å²) < 4.78 is 33.5. The van der Waals surface area contributed by atoms with E-state index in [4.69, 9.17) is 4.74 Å². The number of alkyl halides is 1. The zero-order chi connectivity index (χ0) is 19.7. The summed E-state index contributed by atoms with van der Waals surface area (Å²) in [4.78, 5) is 13.5. The molecular weight excluding hydrogens is 368 g/mol. The van der Waals surface area contributed by atoms with Crippen LogP contribution in [0.25, 0.3) is 5.52 Å². The van der Waals surface area contributed by atoms with Crippen molar-refractivity contribution in [1.29, 1.82) is 0 Å². The Balaban J connectivity index is 1.73. The molecule has 2 aromatic heterocycles. The minimum Gasteiger partial charge on any atom is -0.490 e. The Kier molecular flexibility index (Phi) is 4.85. The molecule has 3 aromatic rings. The van der Waals surface area contributed by atoms with E-state index in [9.17, 15) is 18.7 Å². The lowest BCUT2D eigenvalue weighted by Gasteiger charge is -2.28. The summed E-state index contributed by atoms with van der Waals surface area (Å²) in [5, 5.41) is 13.4. The molecule has 1 aliphatic heterocycles. The third kappa shape index (κ3) is 3.26. The molecule has 1 saturated heterocycles. The second kappa shape index (κ2) is 7.46. The van der Waals surface area contributed by atoms with E-state index in [1.165, 1.54) is 28.9 Å². The van der Waals surface area contributed by atoms with Crippen LogP contribution in [0.5, 0.6) is 5.75 Å². The van der Waals surface area contributed by atoms with Crippen molar-refractivity contribution >= 4 is 17.2 Å². The number of benzene rings is 1. The van der Waals surface area contributed by atoms with Gasteiger partial charge < -0.3 is 14.7 Å². The highest BCUT2D eigenvalue weighted by molar-refractivity contribution is 5.95. The van der Waals surface area contributed by atoms with Crippen LogP contribution < -0.4 is 9.64 Å². The van der Waals surface area contributed by atoms with Crippen LogP contribution in [-0.4, -0.2) is 40.5 Å². The molecule has 1 N–H and O–H groups in total. The maximum atomic E-state index is 13.9. The molecule has 0 amide bonds.